The molecule has 0 aliphatic rings. The van der Waals surface area contributed by atoms with Crippen molar-refractivity contribution in [1.29, 1.82) is 0 Å². The topological polar surface area (TPSA) is 259 Å². The van der Waals surface area contributed by atoms with Gasteiger partial charge in [0, 0.05) is 32.5 Å². The number of carbonyl (C=O) groups is 4. The van der Waals surface area contributed by atoms with Gasteiger partial charge in [0.1, 0.15) is 12.1 Å². The van der Waals surface area contributed by atoms with Crippen LogP contribution in [0.25, 0.3) is 0 Å². The lowest BCUT2D eigenvalue weighted by atomic mass is 10.0. The first kappa shape index (κ1) is 41.4. The van der Waals surface area contributed by atoms with Crippen molar-refractivity contribution >= 4 is 35.5 Å². The minimum absolute atomic E-state index is 0.000211. The third-order valence-corrected chi connectivity index (χ3v) is 7.38. The number of nitrogens with zero attached hydrogens (tertiary/aromatic N) is 2. The van der Waals surface area contributed by atoms with E-state index >= 15 is 0 Å². The molecule has 0 bridgehead atoms. The Kier molecular flexibility index (Phi) is 25.7. The smallest absolute Gasteiger partial charge is 0.243 e. The minimum Gasteiger partial charge on any atom is -0.370 e. The zero-order valence-electron chi connectivity index (χ0n) is 27.6. The summed E-state index contributed by atoms with van der Waals surface area (Å²) in [7, 11) is 0. The van der Waals surface area contributed by atoms with Crippen molar-refractivity contribution in [2.24, 2.45) is 38.7 Å². The van der Waals surface area contributed by atoms with E-state index in [0.717, 1.165) is 19.3 Å². The van der Waals surface area contributed by atoms with Gasteiger partial charge in [0.05, 0.1) is 0 Å². The molecule has 0 saturated heterocycles. The maximum Gasteiger partial charge on any atom is 0.243 e. The number of unbranched alkanes of at least 4 members (excludes halogenated alkanes) is 12. The Morgan fingerprint density at radius 2 is 1.02 bits per heavy atom. The molecule has 0 aromatic rings. The van der Waals surface area contributed by atoms with Gasteiger partial charge in [0.2, 0.25) is 23.6 Å². The molecule has 0 aromatic carbocycles. The number of amides is 4. The van der Waals surface area contributed by atoms with Crippen LogP contribution in [0.15, 0.2) is 9.98 Å². The van der Waals surface area contributed by atoms with Gasteiger partial charge in [-0.15, -0.1) is 0 Å². The van der Waals surface area contributed by atoms with Gasteiger partial charge in [-0.05, 0) is 32.1 Å². The van der Waals surface area contributed by atoms with Gasteiger partial charge in [-0.3, -0.25) is 29.2 Å². The highest BCUT2D eigenvalue weighted by molar-refractivity contribution is 5.91. The van der Waals surface area contributed by atoms with Gasteiger partial charge in [-0.25, -0.2) is 0 Å². The highest BCUT2D eigenvalue weighted by Crippen LogP contribution is 2.13. The van der Waals surface area contributed by atoms with Crippen molar-refractivity contribution < 1.29 is 19.2 Å². The van der Waals surface area contributed by atoms with E-state index in [2.05, 4.69) is 32.9 Å². The van der Waals surface area contributed by atoms with E-state index in [0.29, 0.717) is 19.3 Å². The SMILES string of the molecule is CCCCCCCCCCCCCCCC(=O)NCCC(=O)N[C@@H](CCCN=C(N)N)C(=O)N[C@@H](CCCN=C(N)N)C(N)=O. The van der Waals surface area contributed by atoms with Crippen LogP contribution in [0, 0.1) is 0 Å². The Morgan fingerprint density at radius 1 is 0.556 bits per heavy atom. The first-order valence-corrected chi connectivity index (χ1v) is 16.8. The summed E-state index contributed by atoms with van der Waals surface area (Å²) in [6.45, 7) is 2.92. The van der Waals surface area contributed by atoms with Crippen molar-refractivity contribution in [2.45, 2.75) is 141 Å². The van der Waals surface area contributed by atoms with Crippen molar-refractivity contribution in [3.8, 4) is 0 Å². The Bertz CT molecular complexity index is 890. The first-order chi connectivity index (χ1) is 21.6. The van der Waals surface area contributed by atoms with Gasteiger partial charge in [0.25, 0.3) is 0 Å². The second-order valence-electron chi connectivity index (χ2n) is 11.6. The number of carbonyl (C=O) groups excluding carboxylic acids is 4. The van der Waals surface area contributed by atoms with Gasteiger partial charge in [-0.2, -0.15) is 0 Å². The lowest BCUT2D eigenvalue weighted by Gasteiger charge is -2.22. The fourth-order valence-corrected chi connectivity index (χ4v) is 4.81. The molecule has 0 rings (SSSR count). The number of guanidine groups is 2. The molecule has 14 nitrogen and oxygen atoms in total. The summed E-state index contributed by atoms with van der Waals surface area (Å²) in [6, 6.07) is -1.92. The van der Waals surface area contributed by atoms with Crippen molar-refractivity contribution in [2.75, 3.05) is 19.6 Å². The number of nitrogens with two attached hydrogens (primary N) is 5. The number of rotatable bonds is 29. The maximum absolute atomic E-state index is 13.0. The molecule has 0 aromatic heterocycles. The highest BCUT2D eigenvalue weighted by atomic mass is 16.2. The van der Waals surface area contributed by atoms with Crippen LogP contribution in [0.3, 0.4) is 0 Å². The Hall–Kier alpha value is -3.58. The summed E-state index contributed by atoms with van der Waals surface area (Å²) in [5.74, 6) is -1.95. The van der Waals surface area contributed by atoms with E-state index < -0.39 is 29.8 Å². The zero-order valence-corrected chi connectivity index (χ0v) is 27.6. The van der Waals surface area contributed by atoms with Gasteiger partial charge in [0.15, 0.2) is 11.9 Å². The predicted octanol–water partition coefficient (Wildman–Crippen LogP) is 1.54. The molecule has 0 aliphatic heterocycles. The standard InChI is InChI=1S/C31H62N10O4/c1-2-3-4-5-6-7-8-9-10-11-12-13-14-19-26(42)37-23-20-27(43)40-25(18-16-22-39-31(35)36)29(45)41-24(28(32)44)17-15-21-38-30(33)34/h24-25H,2-23H2,1H3,(H2,32,44)(H,37,42)(H,40,43)(H,41,45)(H4,33,34,38)(H4,35,36,39)/t24-,25-/m0/s1. The molecular weight excluding hydrogens is 576 g/mol. The van der Waals surface area contributed by atoms with Crippen LogP contribution in [-0.2, 0) is 19.2 Å². The number of hydrogen-bond donors (Lipinski definition) is 8. The molecule has 0 unspecified atom stereocenters. The zero-order chi connectivity index (χ0) is 33.7. The van der Waals surface area contributed by atoms with E-state index in [1.54, 1.807) is 0 Å². The van der Waals surface area contributed by atoms with Crippen LogP contribution in [0.4, 0.5) is 0 Å². The summed E-state index contributed by atoms with van der Waals surface area (Å²) in [6.07, 6.45) is 17.8. The third kappa shape index (κ3) is 26.5. The summed E-state index contributed by atoms with van der Waals surface area (Å²) in [4.78, 5) is 57.5. The maximum atomic E-state index is 13.0. The number of aliphatic imine (C=N–C) groups is 2. The lowest BCUT2D eigenvalue weighted by molar-refractivity contribution is -0.131. The molecule has 0 saturated carbocycles. The number of nitrogens with one attached hydrogen (secondary N) is 3. The van der Waals surface area contributed by atoms with E-state index in [9.17, 15) is 19.2 Å². The van der Waals surface area contributed by atoms with Crippen LogP contribution >= 0.6 is 0 Å². The molecule has 0 aliphatic carbocycles. The molecule has 260 valence electrons. The van der Waals surface area contributed by atoms with Crippen molar-refractivity contribution in [1.82, 2.24) is 16.0 Å². The number of hydrogen-bond acceptors (Lipinski definition) is 6. The van der Waals surface area contributed by atoms with E-state index in [-0.39, 0.29) is 56.7 Å². The summed E-state index contributed by atoms with van der Waals surface area (Å²) >= 11 is 0. The quantitative estimate of drug-likeness (QED) is 0.0337. The van der Waals surface area contributed by atoms with Gasteiger partial charge in [-0.1, -0.05) is 84.0 Å². The largest absolute Gasteiger partial charge is 0.370 e. The predicted molar refractivity (Wildman–Crippen MR) is 181 cm³/mol. The second-order valence-corrected chi connectivity index (χ2v) is 11.6. The van der Waals surface area contributed by atoms with Crippen LogP contribution < -0.4 is 44.6 Å². The Morgan fingerprint density at radius 3 is 1.49 bits per heavy atom. The van der Waals surface area contributed by atoms with Crippen molar-refractivity contribution in [3.05, 3.63) is 0 Å². The van der Waals surface area contributed by atoms with Crippen LogP contribution in [0.5, 0.6) is 0 Å². The van der Waals surface area contributed by atoms with Crippen LogP contribution in [-0.4, -0.2) is 67.3 Å². The fraction of sp³-hybridized carbons (Fsp3) is 0.806. The van der Waals surface area contributed by atoms with Gasteiger partial charge >= 0.3 is 0 Å². The molecule has 0 heterocycles. The Labute approximate surface area is 269 Å². The average molecular weight is 639 g/mol. The van der Waals surface area contributed by atoms with Crippen LogP contribution in [0.2, 0.25) is 0 Å². The lowest BCUT2D eigenvalue weighted by Crippen LogP contribution is -2.53. The molecule has 0 radical (unpaired) electrons. The molecule has 2 atom stereocenters. The molecule has 13 N–H and O–H groups in total. The summed E-state index contributed by atoms with van der Waals surface area (Å²) < 4.78 is 0. The fourth-order valence-electron chi connectivity index (χ4n) is 4.81. The van der Waals surface area contributed by atoms with E-state index in [1.807, 2.05) is 0 Å². The average Bonchev–Trinajstić information content (AvgIpc) is 2.98. The normalized spacial score (nSPS) is 12.0. The van der Waals surface area contributed by atoms with E-state index in [1.165, 1.54) is 64.2 Å². The monoisotopic (exact) mass is 638 g/mol. The van der Waals surface area contributed by atoms with Crippen molar-refractivity contribution in [3.63, 3.8) is 0 Å². The Balaban J connectivity index is 4.42. The minimum atomic E-state index is -0.965. The first-order valence-electron chi connectivity index (χ1n) is 16.8. The third-order valence-electron chi connectivity index (χ3n) is 7.38. The van der Waals surface area contributed by atoms with Gasteiger partial charge < -0.3 is 44.6 Å². The molecular formula is C31H62N10O4. The second kappa shape index (κ2) is 27.9. The molecule has 14 heteroatoms. The summed E-state index contributed by atoms with van der Waals surface area (Å²) in [5.41, 5.74) is 26.8. The van der Waals surface area contributed by atoms with Crippen LogP contribution in [0.1, 0.15) is 129 Å². The molecule has 4 amide bonds. The molecule has 45 heavy (non-hydrogen) atoms. The molecule has 0 fully saturated rings. The number of primary amides is 1. The molecule has 0 spiro atoms. The van der Waals surface area contributed by atoms with E-state index in [4.69, 9.17) is 28.7 Å². The summed E-state index contributed by atoms with van der Waals surface area (Å²) in [5, 5.41) is 8.05. The highest BCUT2D eigenvalue weighted by Gasteiger charge is 2.25.